The summed E-state index contributed by atoms with van der Waals surface area (Å²) in [6.07, 6.45) is 2.96. The van der Waals surface area contributed by atoms with Gasteiger partial charge in [-0.2, -0.15) is 0 Å². The first-order valence-electron chi connectivity index (χ1n) is 15.5. The maximum Gasteiger partial charge on any atom is 0.407 e. The number of carboxylic acid groups (broad SMARTS) is 1. The van der Waals surface area contributed by atoms with Crippen molar-refractivity contribution in [1.29, 1.82) is 0 Å². The molecule has 0 radical (unpaired) electrons. The molecule has 11 heteroatoms. The van der Waals surface area contributed by atoms with Crippen molar-refractivity contribution in [3.63, 3.8) is 0 Å². The molecule has 1 N–H and O–H groups in total. The molecule has 0 aliphatic carbocycles. The molecule has 1 aromatic carbocycles. The van der Waals surface area contributed by atoms with Gasteiger partial charge in [-0.05, 0) is 60.2 Å². The summed E-state index contributed by atoms with van der Waals surface area (Å²) in [5.41, 5.74) is 3.21. The molecular weight excluding hydrogens is 559 g/mol. The van der Waals surface area contributed by atoms with E-state index in [1.165, 1.54) is 6.07 Å². The van der Waals surface area contributed by atoms with E-state index in [0.29, 0.717) is 6.54 Å². The van der Waals surface area contributed by atoms with Crippen LogP contribution in [0, 0.1) is 11.2 Å². The van der Waals surface area contributed by atoms with E-state index < -0.39 is 6.09 Å². The van der Waals surface area contributed by atoms with Gasteiger partial charge < -0.3 is 19.8 Å². The number of hydrogen-bond acceptors (Lipinski definition) is 7. The molecule has 4 aromatic rings. The van der Waals surface area contributed by atoms with Gasteiger partial charge in [0.1, 0.15) is 23.1 Å². The number of benzene rings is 1. The van der Waals surface area contributed by atoms with E-state index in [9.17, 15) is 14.3 Å². The third kappa shape index (κ3) is 5.12. The van der Waals surface area contributed by atoms with Crippen LogP contribution >= 0.6 is 0 Å². The monoisotopic (exact) mass is 598 g/mol. The number of halogens is 1. The van der Waals surface area contributed by atoms with Gasteiger partial charge in [-0.15, -0.1) is 5.10 Å². The van der Waals surface area contributed by atoms with Crippen LogP contribution in [-0.4, -0.2) is 91.9 Å². The normalized spacial score (nSPS) is 22.9. The second kappa shape index (κ2) is 11.0. The molecule has 230 valence electrons. The number of nitrogens with zero attached hydrogens (tertiary/aromatic N) is 8. The van der Waals surface area contributed by atoms with Gasteiger partial charge >= 0.3 is 6.09 Å². The summed E-state index contributed by atoms with van der Waals surface area (Å²) in [7, 11) is 0. The summed E-state index contributed by atoms with van der Waals surface area (Å²) >= 11 is 0. The number of hydrogen-bond donors (Lipinski definition) is 1. The standard InChI is InChI=1S/C33H39FN8O2/c1-33(2,3)31-27(21-41(31)32(43)44)38-15-17-39(18-16-38)29-11-5-9-24(36-29)26-20-35-28-12-13-30(37-42(26)28)40-14-6-10-25(40)22-7-4-8-23(34)19-22/h4-5,7-9,11-13,19-20,25,27,31H,6,10,14-18,21H2,1-3H3,(H,43,44). The van der Waals surface area contributed by atoms with E-state index >= 15 is 0 Å². The first-order chi connectivity index (χ1) is 21.2. The second-order valence-electron chi connectivity index (χ2n) is 13.2. The minimum Gasteiger partial charge on any atom is -0.465 e. The molecular formula is C33H39FN8O2. The number of carbonyl (C=O) groups is 1. The van der Waals surface area contributed by atoms with Crippen LogP contribution in [0.15, 0.2) is 60.8 Å². The third-order valence-corrected chi connectivity index (χ3v) is 9.45. The first kappa shape index (κ1) is 28.5. The topological polar surface area (TPSA) is 93.3 Å². The number of aromatic nitrogens is 4. The number of pyridine rings is 1. The number of anilines is 2. The predicted octanol–water partition coefficient (Wildman–Crippen LogP) is 5.17. The lowest BCUT2D eigenvalue weighted by molar-refractivity contribution is -0.0650. The predicted molar refractivity (Wildman–Crippen MR) is 167 cm³/mol. The molecule has 0 bridgehead atoms. The Morgan fingerprint density at radius 3 is 2.52 bits per heavy atom. The van der Waals surface area contributed by atoms with Gasteiger partial charge in [0.2, 0.25) is 0 Å². The highest BCUT2D eigenvalue weighted by Crippen LogP contribution is 2.38. The zero-order valence-electron chi connectivity index (χ0n) is 25.5. The number of piperazine rings is 1. The lowest BCUT2D eigenvalue weighted by atomic mass is 9.75. The molecule has 10 nitrogen and oxygen atoms in total. The maximum absolute atomic E-state index is 14.0. The molecule has 3 atom stereocenters. The number of imidazole rings is 1. The highest BCUT2D eigenvalue weighted by molar-refractivity contribution is 5.67. The highest BCUT2D eigenvalue weighted by Gasteiger charge is 2.51. The molecule has 6 heterocycles. The lowest BCUT2D eigenvalue weighted by Crippen LogP contribution is -2.73. The quantitative estimate of drug-likeness (QED) is 0.336. The fourth-order valence-corrected chi connectivity index (χ4v) is 7.36. The van der Waals surface area contributed by atoms with Gasteiger partial charge in [-0.3, -0.25) is 4.90 Å². The molecule has 0 saturated carbocycles. The Hall–Kier alpha value is -4.25. The Morgan fingerprint density at radius 1 is 0.977 bits per heavy atom. The molecule has 3 aliphatic heterocycles. The van der Waals surface area contributed by atoms with Crippen molar-refractivity contribution in [3.8, 4) is 11.4 Å². The minimum absolute atomic E-state index is 0.00904. The van der Waals surface area contributed by atoms with E-state index in [2.05, 4.69) is 40.5 Å². The first-order valence-corrected chi connectivity index (χ1v) is 15.5. The molecule has 3 saturated heterocycles. The largest absolute Gasteiger partial charge is 0.465 e. The summed E-state index contributed by atoms with van der Waals surface area (Å²) in [4.78, 5) is 30.0. The van der Waals surface area contributed by atoms with Crippen LogP contribution in [0.3, 0.4) is 0 Å². The third-order valence-electron chi connectivity index (χ3n) is 9.45. The summed E-state index contributed by atoms with van der Waals surface area (Å²) < 4.78 is 15.9. The van der Waals surface area contributed by atoms with Gasteiger partial charge in [0.25, 0.3) is 0 Å². The molecule has 3 fully saturated rings. The fourth-order valence-electron chi connectivity index (χ4n) is 7.36. The van der Waals surface area contributed by atoms with Gasteiger partial charge in [0.05, 0.1) is 24.0 Å². The molecule has 1 amide bonds. The van der Waals surface area contributed by atoms with E-state index in [4.69, 9.17) is 10.1 Å². The average molecular weight is 599 g/mol. The fraction of sp³-hybridized carbons (Fsp3) is 0.455. The van der Waals surface area contributed by atoms with Crippen molar-refractivity contribution in [2.24, 2.45) is 5.41 Å². The average Bonchev–Trinajstić information content (AvgIpc) is 3.63. The van der Waals surface area contributed by atoms with Crippen LogP contribution in [0.25, 0.3) is 17.0 Å². The van der Waals surface area contributed by atoms with Crippen LogP contribution in [-0.2, 0) is 0 Å². The van der Waals surface area contributed by atoms with Crippen LogP contribution in [0.2, 0.25) is 0 Å². The molecule has 7 rings (SSSR count). The van der Waals surface area contributed by atoms with Crippen LogP contribution in [0.4, 0.5) is 20.8 Å². The lowest BCUT2D eigenvalue weighted by Gasteiger charge is -2.57. The minimum atomic E-state index is -0.832. The van der Waals surface area contributed by atoms with Crippen LogP contribution in [0.1, 0.15) is 45.2 Å². The molecule has 3 unspecified atom stereocenters. The van der Waals surface area contributed by atoms with Crippen molar-refractivity contribution < 1.29 is 14.3 Å². The van der Waals surface area contributed by atoms with Gasteiger partial charge in [-0.1, -0.05) is 39.0 Å². The van der Waals surface area contributed by atoms with E-state index in [1.54, 1.807) is 17.0 Å². The molecule has 3 aliphatic rings. The summed E-state index contributed by atoms with van der Waals surface area (Å²) in [5.74, 6) is 1.53. The van der Waals surface area contributed by atoms with Gasteiger partial charge in [0.15, 0.2) is 5.65 Å². The van der Waals surface area contributed by atoms with Crippen molar-refractivity contribution in [2.75, 3.05) is 49.1 Å². The Morgan fingerprint density at radius 2 is 1.77 bits per heavy atom. The SMILES string of the molecule is CC(C)(C)C1C(N2CCN(c3cccc(-c4cnc5ccc(N6CCCC6c6cccc(F)c6)nn45)n3)CC2)CN1C(=O)O. The zero-order chi connectivity index (χ0) is 30.6. The number of amides is 1. The van der Waals surface area contributed by atoms with E-state index in [0.717, 1.165) is 79.8 Å². The molecule has 0 spiro atoms. The van der Waals surface area contributed by atoms with Crippen LogP contribution < -0.4 is 9.80 Å². The number of likely N-dealkylation sites (tertiary alicyclic amines) is 1. The Balaban J connectivity index is 1.09. The number of rotatable bonds is 5. The maximum atomic E-state index is 14.0. The second-order valence-corrected chi connectivity index (χ2v) is 13.2. The molecule has 44 heavy (non-hydrogen) atoms. The Bertz CT molecular complexity index is 1680. The summed E-state index contributed by atoms with van der Waals surface area (Å²) in [6, 6.07) is 17.2. The van der Waals surface area contributed by atoms with Crippen molar-refractivity contribution in [1.82, 2.24) is 29.4 Å². The Kier molecular flexibility index (Phi) is 7.15. The smallest absolute Gasteiger partial charge is 0.407 e. The van der Waals surface area contributed by atoms with E-state index in [1.807, 2.05) is 47.1 Å². The summed E-state index contributed by atoms with van der Waals surface area (Å²) in [6.45, 7) is 11.2. The van der Waals surface area contributed by atoms with Crippen molar-refractivity contribution >= 4 is 23.4 Å². The Labute approximate surface area is 256 Å². The van der Waals surface area contributed by atoms with Gasteiger partial charge in [0, 0.05) is 45.3 Å². The highest BCUT2D eigenvalue weighted by atomic mass is 19.1. The van der Waals surface area contributed by atoms with Crippen molar-refractivity contribution in [2.45, 2.75) is 51.7 Å². The zero-order valence-corrected chi connectivity index (χ0v) is 25.5. The van der Waals surface area contributed by atoms with Gasteiger partial charge in [-0.25, -0.2) is 23.7 Å². The van der Waals surface area contributed by atoms with E-state index in [-0.39, 0.29) is 29.4 Å². The summed E-state index contributed by atoms with van der Waals surface area (Å²) in [5, 5.41) is 14.7. The van der Waals surface area contributed by atoms with Crippen molar-refractivity contribution in [3.05, 3.63) is 72.2 Å². The molecule has 3 aromatic heterocycles. The number of fused-ring (bicyclic) bond motifs is 1. The van der Waals surface area contributed by atoms with Crippen LogP contribution in [0.5, 0.6) is 0 Å².